The van der Waals surface area contributed by atoms with E-state index in [0.29, 0.717) is 44.4 Å². The van der Waals surface area contributed by atoms with Gasteiger partial charge in [-0.3, -0.25) is 4.79 Å². The summed E-state index contributed by atoms with van der Waals surface area (Å²) in [7, 11) is 0. The first-order valence-electron chi connectivity index (χ1n) is 6.29. The molecule has 1 fully saturated rings. The van der Waals surface area contributed by atoms with Gasteiger partial charge in [0.15, 0.2) is 0 Å². The van der Waals surface area contributed by atoms with Gasteiger partial charge in [-0.15, -0.1) is 0 Å². The van der Waals surface area contributed by atoms with Crippen LogP contribution in [0.1, 0.15) is 33.6 Å². The number of amides is 1. The Labute approximate surface area is 103 Å². The highest BCUT2D eigenvalue weighted by Gasteiger charge is 2.40. The van der Waals surface area contributed by atoms with Crippen molar-refractivity contribution in [2.24, 2.45) is 17.3 Å². The van der Waals surface area contributed by atoms with E-state index in [4.69, 9.17) is 4.74 Å². The molecule has 1 amide bonds. The molecular formula is C13H22N2O2. The Morgan fingerprint density at radius 2 is 2.00 bits per heavy atom. The highest BCUT2D eigenvalue weighted by atomic mass is 16.5. The highest BCUT2D eigenvalue weighted by Crippen LogP contribution is 2.29. The molecule has 1 aliphatic heterocycles. The van der Waals surface area contributed by atoms with Gasteiger partial charge in [-0.2, -0.15) is 5.26 Å². The van der Waals surface area contributed by atoms with Crippen molar-refractivity contribution in [1.29, 1.82) is 5.26 Å². The lowest BCUT2D eigenvalue weighted by Gasteiger charge is -2.30. The fraction of sp³-hybridized carbons (Fsp3) is 0.846. The minimum atomic E-state index is -0.866. The second-order valence-corrected chi connectivity index (χ2v) is 5.24. The van der Waals surface area contributed by atoms with Crippen molar-refractivity contribution in [1.82, 2.24) is 5.32 Å². The zero-order valence-corrected chi connectivity index (χ0v) is 11.0. The Morgan fingerprint density at radius 3 is 2.47 bits per heavy atom. The van der Waals surface area contributed by atoms with Gasteiger partial charge in [0.1, 0.15) is 5.41 Å². The summed E-state index contributed by atoms with van der Waals surface area (Å²) in [6.45, 7) is 8.01. The van der Waals surface area contributed by atoms with Crippen LogP contribution in [0.15, 0.2) is 0 Å². The fourth-order valence-electron chi connectivity index (χ4n) is 1.77. The monoisotopic (exact) mass is 238 g/mol. The van der Waals surface area contributed by atoms with Crippen molar-refractivity contribution in [3.8, 4) is 6.07 Å². The van der Waals surface area contributed by atoms with Crippen molar-refractivity contribution in [3.05, 3.63) is 0 Å². The molecular weight excluding hydrogens is 216 g/mol. The van der Waals surface area contributed by atoms with Gasteiger partial charge in [0, 0.05) is 19.8 Å². The molecule has 0 radical (unpaired) electrons. The number of nitrogens with one attached hydrogen (secondary N) is 1. The summed E-state index contributed by atoms with van der Waals surface area (Å²) in [5.74, 6) is 0.827. The van der Waals surface area contributed by atoms with E-state index >= 15 is 0 Å². The lowest BCUT2D eigenvalue weighted by molar-refractivity contribution is -0.132. The molecule has 0 spiro atoms. The van der Waals surface area contributed by atoms with Crippen molar-refractivity contribution in [2.45, 2.75) is 33.6 Å². The molecule has 1 N–H and O–H groups in total. The molecule has 0 bridgehead atoms. The third kappa shape index (κ3) is 3.44. The van der Waals surface area contributed by atoms with E-state index < -0.39 is 5.41 Å². The minimum absolute atomic E-state index is 0.129. The Balaban J connectivity index is 2.53. The van der Waals surface area contributed by atoms with Crippen LogP contribution in [0.25, 0.3) is 0 Å². The predicted molar refractivity (Wildman–Crippen MR) is 65.1 cm³/mol. The number of nitriles is 1. The summed E-state index contributed by atoms with van der Waals surface area (Å²) < 4.78 is 5.21. The van der Waals surface area contributed by atoms with Crippen LogP contribution in [0.4, 0.5) is 0 Å². The normalized spacial score (nSPS) is 20.6. The van der Waals surface area contributed by atoms with Gasteiger partial charge in [0.25, 0.3) is 0 Å². The van der Waals surface area contributed by atoms with Gasteiger partial charge < -0.3 is 10.1 Å². The standard InChI is InChI=1S/C13H22N2O2/c1-10(2)11(3)8-15-12(16)13(9-14)4-6-17-7-5-13/h10-11H,4-8H2,1-3H3,(H,15,16). The zero-order chi connectivity index (χ0) is 12.9. The molecule has 96 valence electrons. The molecule has 0 aromatic heterocycles. The number of rotatable bonds is 4. The Bertz CT molecular complexity index is 301. The van der Waals surface area contributed by atoms with Gasteiger partial charge in [-0.25, -0.2) is 0 Å². The smallest absolute Gasteiger partial charge is 0.240 e. The van der Waals surface area contributed by atoms with Gasteiger partial charge in [0.05, 0.1) is 6.07 Å². The fourth-order valence-corrected chi connectivity index (χ4v) is 1.77. The molecule has 1 saturated heterocycles. The third-order valence-electron chi connectivity index (χ3n) is 3.72. The SMILES string of the molecule is CC(C)C(C)CNC(=O)C1(C#N)CCOCC1. The van der Waals surface area contributed by atoms with Crippen molar-refractivity contribution in [3.63, 3.8) is 0 Å². The molecule has 1 aliphatic rings. The Kier molecular flexibility index (Phi) is 4.95. The first-order valence-corrected chi connectivity index (χ1v) is 6.29. The molecule has 1 unspecified atom stereocenters. The average molecular weight is 238 g/mol. The average Bonchev–Trinajstić information content (AvgIpc) is 2.36. The summed E-state index contributed by atoms with van der Waals surface area (Å²) in [6, 6.07) is 2.18. The number of hydrogen-bond acceptors (Lipinski definition) is 3. The topological polar surface area (TPSA) is 62.1 Å². The van der Waals surface area contributed by atoms with Crippen molar-refractivity contribution < 1.29 is 9.53 Å². The summed E-state index contributed by atoms with van der Waals surface area (Å²) in [4.78, 5) is 12.1. The van der Waals surface area contributed by atoms with E-state index in [0.717, 1.165) is 0 Å². The lowest BCUT2D eigenvalue weighted by atomic mass is 9.80. The van der Waals surface area contributed by atoms with Crippen LogP contribution in [-0.4, -0.2) is 25.7 Å². The molecule has 0 aromatic carbocycles. The number of carbonyl (C=O) groups excluding carboxylic acids is 1. The molecule has 1 rings (SSSR count). The molecule has 1 atom stereocenters. The number of ether oxygens (including phenoxy) is 1. The number of hydrogen-bond donors (Lipinski definition) is 1. The summed E-state index contributed by atoms with van der Waals surface area (Å²) in [5.41, 5.74) is -0.866. The molecule has 1 heterocycles. The summed E-state index contributed by atoms with van der Waals surface area (Å²) in [6.07, 6.45) is 1.01. The van der Waals surface area contributed by atoms with E-state index in [1.807, 2.05) is 0 Å². The van der Waals surface area contributed by atoms with Gasteiger partial charge in [0.2, 0.25) is 5.91 Å². The summed E-state index contributed by atoms with van der Waals surface area (Å²) in [5, 5.41) is 12.1. The Hall–Kier alpha value is -1.08. The molecule has 4 heteroatoms. The molecule has 0 aliphatic carbocycles. The third-order valence-corrected chi connectivity index (χ3v) is 3.72. The molecule has 0 saturated carbocycles. The minimum Gasteiger partial charge on any atom is -0.381 e. The second-order valence-electron chi connectivity index (χ2n) is 5.24. The van der Waals surface area contributed by atoms with Crippen LogP contribution in [-0.2, 0) is 9.53 Å². The van der Waals surface area contributed by atoms with Crippen LogP contribution < -0.4 is 5.32 Å². The first kappa shape index (κ1) is 14.0. The van der Waals surface area contributed by atoms with E-state index in [9.17, 15) is 10.1 Å². The molecule has 0 aromatic rings. The maximum absolute atomic E-state index is 12.1. The van der Waals surface area contributed by atoms with E-state index in [2.05, 4.69) is 32.2 Å². The van der Waals surface area contributed by atoms with Crippen LogP contribution in [0, 0.1) is 28.6 Å². The van der Waals surface area contributed by atoms with Crippen LogP contribution >= 0.6 is 0 Å². The van der Waals surface area contributed by atoms with E-state index in [1.165, 1.54) is 0 Å². The van der Waals surface area contributed by atoms with Gasteiger partial charge >= 0.3 is 0 Å². The largest absolute Gasteiger partial charge is 0.381 e. The molecule has 17 heavy (non-hydrogen) atoms. The zero-order valence-electron chi connectivity index (χ0n) is 11.0. The maximum Gasteiger partial charge on any atom is 0.240 e. The molecule has 4 nitrogen and oxygen atoms in total. The van der Waals surface area contributed by atoms with Crippen LogP contribution in [0.5, 0.6) is 0 Å². The van der Waals surface area contributed by atoms with Gasteiger partial charge in [-0.05, 0) is 24.7 Å². The van der Waals surface area contributed by atoms with Gasteiger partial charge in [-0.1, -0.05) is 20.8 Å². The van der Waals surface area contributed by atoms with Crippen LogP contribution in [0.3, 0.4) is 0 Å². The predicted octanol–water partition coefficient (Wildman–Crippen LogP) is 1.72. The maximum atomic E-state index is 12.1. The van der Waals surface area contributed by atoms with E-state index in [-0.39, 0.29) is 5.91 Å². The first-order chi connectivity index (χ1) is 8.02. The second kappa shape index (κ2) is 6.02. The van der Waals surface area contributed by atoms with Crippen molar-refractivity contribution in [2.75, 3.05) is 19.8 Å². The number of carbonyl (C=O) groups is 1. The lowest BCUT2D eigenvalue weighted by Crippen LogP contribution is -2.45. The number of nitrogens with zero attached hydrogens (tertiary/aromatic N) is 1. The summed E-state index contributed by atoms with van der Waals surface area (Å²) >= 11 is 0. The van der Waals surface area contributed by atoms with Crippen LogP contribution in [0.2, 0.25) is 0 Å². The Morgan fingerprint density at radius 1 is 1.41 bits per heavy atom. The van der Waals surface area contributed by atoms with E-state index in [1.54, 1.807) is 0 Å². The highest BCUT2D eigenvalue weighted by molar-refractivity contribution is 5.85. The van der Waals surface area contributed by atoms with Crippen molar-refractivity contribution >= 4 is 5.91 Å². The quantitative estimate of drug-likeness (QED) is 0.811.